The Kier molecular flexibility index (Phi) is 3.20. The van der Waals surface area contributed by atoms with Crippen LogP contribution in [0.15, 0.2) is 42.5 Å². The van der Waals surface area contributed by atoms with Crippen LogP contribution in [0.25, 0.3) is 10.8 Å². The molecule has 0 aliphatic carbocycles. The van der Waals surface area contributed by atoms with Gasteiger partial charge in [0, 0.05) is 18.3 Å². The van der Waals surface area contributed by atoms with Gasteiger partial charge in [0.15, 0.2) is 0 Å². The number of hydrogen-bond donors (Lipinski definition) is 1. The van der Waals surface area contributed by atoms with Crippen molar-refractivity contribution in [2.45, 2.75) is 18.9 Å². The molecule has 1 saturated heterocycles. The molecule has 1 aliphatic heterocycles. The van der Waals surface area contributed by atoms with Gasteiger partial charge >= 0.3 is 0 Å². The minimum atomic E-state index is 0.691. The molecule has 1 fully saturated rings. The highest BCUT2D eigenvalue weighted by atomic mass is 15.2. The van der Waals surface area contributed by atoms with Crippen molar-refractivity contribution in [1.82, 2.24) is 4.90 Å². The summed E-state index contributed by atoms with van der Waals surface area (Å²) >= 11 is 0. The summed E-state index contributed by atoms with van der Waals surface area (Å²) in [5.74, 6) is 0. The van der Waals surface area contributed by atoms with E-state index in [0.717, 1.165) is 6.54 Å². The molecule has 2 aromatic rings. The fourth-order valence-electron chi connectivity index (χ4n) is 2.77. The Morgan fingerprint density at radius 1 is 1.17 bits per heavy atom. The maximum absolute atomic E-state index is 3.57. The number of benzene rings is 2. The first-order valence-corrected chi connectivity index (χ1v) is 6.76. The second-order valence-electron chi connectivity index (χ2n) is 5.22. The molecule has 1 atom stereocenters. The predicted octanol–water partition coefficient (Wildman–Crippen LogP) is 3.35. The quantitative estimate of drug-likeness (QED) is 0.885. The normalized spacial score (nSPS) is 20.4. The van der Waals surface area contributed by atoms with Crippen LogP contribution in [0.3, 0.4) is 0 Å². The summed E-state index contributed by atoms with van der Waals surface area (Å²) in [6.45, 7) is 2.29. The minimum Gasteiger partial charge on any atom is -0.383 e. The molecule has 1 heterocycles. The average Bonchev–Trinajstić information content (AvgIpc) is 2.82. The van der Waals surface area contributed by atoms with Crippen molar-refractivity contribution < 1.29 is 0 Å². The number of nitrogens with one attached hydrogen (secondary N) is 1. The Morgan fingerprint density at radius 2 is 2.00 bits per heavy atom. The summed E-state index contributed by atoms with van der Waals surface area (Å²) in [6.07, 6.45) is 2.65. The van der Waals surface area contributed by atoms with E-state index in [1.807, 2.05) is 0 Å². The largest absolute Gasteiger partial charge is 0.383 e. The Labute approximate surface area is 109 Å². The molecule has 0 bridgehead atoms. The highest BCUT2D eigenvalue weighted by molar-refractivity contribution is 5.85. The molecular formula is C16H20N2. The number of anilines is 1. The van der Waals surface area contributed by atoms with Gasteiger partial charge < -0.3 is 10.2 Å². The summed E-state index contributed by atoms with van der Waals surface area (Å²) in [5, 5.41) is 6.18. The summed E-state index contributed by atoms with van der Waals surface area (Å²) in [4.78, 5) is 2.45. The third kappa shape index (κ3) is 2.34. The van der Waals surface area contributed by atoms with Crippen molar-refractivity contribution in [1.29, 1.82) is 0 Å². The molecule has 0 aromatic heterocycles. The SMILES string of the molecule is CN1CCCC1CNc1ccc2ccccc2c1. The molecule has 2 nitrogen and oxygen atoms in total. The maximum Gasteiger partial charge on any atom is 0.0347 e. The van der Waals surface area contributed by atoms with Crippen molar-refractivity contribution in [2.24, 2.45) is 0 Å². The monoisotopic (exact) mass is 240 g/mol. The van der Waals surface area contributed by atoms with Crippen LogP contribution in [0.2, 0.25) is 0 Å². The fraction of sp³-hybridized carbons (Fsp3) is 0.375. The summed E-state index contributed by atoms with van der Waals surface area (Å²) in [7, 11) is 2.22. The molecule has 1 unspecified atom stereocenters. The van der Waals surface area contributed by atoms with Crippen molar-refractivity contribution in [3.63, 3.8) is 0 Å². The predicted molar refractivity (Wildman–Crippen MR) is 78.1 cm³/mol. The van der Waals surface area contributed by atoms with Gasteiger partial charge in [0.25, 0.3) is 0 Å². The second kappa shape index (κ2) is 4.99. The van der Waals surface area contributed by atoms with E-state index in [0.29, 0.717) is 6.04 Å². The lowest BCUT2D eigenvalue weighted by Crippen LogP contribution is -2.31. The van der Waals surface area contributed by atoms with E-state index in [1.54, 1.807) is 0 Å². The molecule has 94 valence electrons. The number of hydrogen-bond acceptors (Lipinski definition) is 2. The maximum atomic E-state index is 3.57. The van der Waals surface area contributed by atoms with Crippen LogP contribution < -0.4 is 5.32 Å². The van der Waals surface area contributed by atoms with Crippen molar-refractivity contribution >= 4 is 16.5 Å². The number of likely N-dealkylation sites (tertiary alicyclic amines) is 1. The number of fused-ring (bicyclic) bond motifs is 1. The van der Waals surface area contributed by atoms with E-state index in [1.165, 1.54) is 35.8 Å². The first kappa shape index (κ1) is 11.5. The molecule has 18 heavy (non-hydrogen) atoms. The molecule has 0 radical (unpaired) electrons. The van der Waals surface area contributed by atoms with Crippen molar-refractivity contribution in [3.8, 4) is 0 Å². The third-order valence-electron chi connectivity index (χ3n) is 3.96. The number of nitrogens with zero attached hydrogens (tertiary/aromatic N) is 1. The van der Waals surface area contributed by atoms with Crippen LogP contribution in [0.4, 0.5) is 5.69 Å². The highest BCUT2D eigenvalue weighted by Crippen LogP contribution is 2.20. The van der Waals surface area contributed by atoms with Crippen LogP contribution in [0.5, 0.6) is 0 Å². The van der Waals surface area contributed by atoms with Gasteiger partial charge in [-0.05, 0) is 49.3 Å². The number of likely N-dealkylation sites (N-methyl/N-ethyl adjacent to an activating group) is 1. The van der Waals surface area contributed by atoms with E-state index in [4.69, 9.17) is 0 Å². The smallest absolute Gasteiger partial charge is 0.0347 e. The molecule has 0 amide bonds. The zero-order valence-corrected chi connectivity index (χ0v) is 10.9. The summed E-state index contributed by atoms with van der Waals surface area (Å²) in [5.41, 5.74) is 1.23. The zero-order chi connectivity index (χ0) is 12.4. The van der Waals surface area contributed by atoms with E-state index < -0.39 is 0 Å². The summed E-state index contributed by atoms with van der Waals surface area (Å²) < 4.78 is 0. The van der Waals surface area contributed by atoms with E-state index in [9.17, 15) is 0 Å². The number of rotatable bonds is 3. The Hall–Kier alpha value is -1.54. The van der Waals surface area contributed by atoms with Gasteiger partial charge in [0.1, 0.15) is 0 Å². The Morgan fingerprint density at radius 3 is 2.78 bits per heavy atom. The van der Waals surface area contributed by atoms with E-state index in [2.05, 4.69) is 59.7 Å². The van der Waals surface area contributed by atoms with Crippen LogP contribution in [-0.4, -0.2) is 31.1 Å². The van der Waals surface area contributed by atoms with Crippen LogP contribution in [-0.2, 0) is 0 Å². The first-order valence-electron chi connectivity index (χ1n) is 6.76. The average molecular weight is 240 g/mol. The van der Waals surface area contributed by atoms with E-state index >= 15 is 0 Å². The molecular weight excluding hydrogens is 220 g/mol. The lowest BCUT2D eigenvalue weighted by Gasteiger charge is -2.20. The highest BCUT2D eigenvalue weighted by Gasteiger charge is 2.19. The van der Waals surface area contributed by atoms with Gasteiger partial charge in [0.05, 0.1) is 0 Å². The lowest BCUT2D eigenvalue weighted by atomic mass is 10.1. The minimum absolute atomic E-state index is 0.691. The summed E-state index contributed by atoms with van der Waals surface area (Å²) in [6, 6.07) is 15.8. The van der Waals surface area contributed by atoms with Crippen molar-refractivity contribution in [2.75, 3.05) is 25.5 Å². The molecule has 0 saturated carbocycles. The van der Waals surface area contributed by atoms with Gasteiger partial charge in [-0.3, -0.25) is 0 Å². The van der Waals surface area contributed by atoms with E-state index in [-0.39, 0.29) is 0 Å². The Bertz CT molecular complexity index is 535. The topological polar surface area (TPSA) is 15.3 Å². The van der Waals surface area contributed by atoms with Gasteiger partial charge in [-0.2, -0.15) is 0 Å². The van der Waals surface area contributed by atoms with Crippen LogP contribution >= 0.6 is 0 Å². The van der Waals surface area contributed by atoms with Crippen LogP contribution in [0.1, 0.15) is 12.8 Å². The van der Waals surface area contributed by atoms with Crippen LogP contribution in [0, 0.1) is 0 Å². The van der Waals surface area contributed by atoms with Gasteiger partial charge in [0.2, 0.25) is 0 Å². The van der Waals surface area contributed by atoms with Crippen molar-refractivity contribution in [3.05, 3.63) is 42.5 Å². The zero-order valence-electron chi connectivity index (χ0n) is 10.9. The molecule has 2 aromatic carbocycles. The first-order chi connectivity index (χ1) is 8.83. The molecule has 2 heteroatoms. The van der Waals surface area contributed by atoms with Gasteiger partial charge in [-0.25, -0.2) is 0 Å². The molecule has 3 rings (SSSR count). The third-order valence-corrected chi connectivity index (χ3v) is 3.96. The fourth-order valence-corrected chi connectivity index (χ4v) is 2.77. The lowest BCUT2D eigenvalue weighted by molar-refractivity contribution is 0.322. The molecule has 1 N–H and O–H groups in total. The molecule has 0 spiro atoms. The standard InChI is InChI=1S/C16H20N2/c1-18-10-4-7-16(18)12-17-15-9-8-13-5-2-3-6-14(13)11-15/h2-3,5-6,8-9,11,16-17H,4,7,10,12H2,1H3. The molecule has 1 aliphatic rings. The van der Waals surface area contributed by atoms with Gasteiger partial charge in [-0.15, -0.1) is 0 Å². The van der Waals surface area contributed by atoms with Gasteiger partial charge in [-0.1, -0.05) is 30.3 Å². The Balaban J connectivity index is 1.71. The second-order valence-corrected chi connectivity index (χ2v) is 5.22.